The number of aliphatic hydroxyl groups excluding tert-OH is 1. The van der Waals surface area contributed by atoms with E-state index in [-0.39, 0.29) is 18.3 Å². The molecule has 0 radical (unpaired) electrons. The molecule has 0 fully saturated rings. The van der Waals surface area contributed by atoms with E-state index in [1.165, 1.54) is 6.07 Å². The van der Waals surface area contributed by atoms with Crippen LogP contribution < -0.4 is 5.32 Å². The molecule has 0 aliphatic heterocycles. The van der Waals surface area contributed by atoms with Gasteiger partial charge in [0.05, 0.1) is 41.7 Å². The van der Waals surface area contributed by atoms with Crippen molar-refractivity contribution >= 4 is 11.3 Å². The molecule has 2 aromatic heterocycles. The number of halogens is 1. The van der Waals surface area contributed by atoms with E-state index >= 15 is 0 Å². The van der Waals surface area contributed by atoms with Crippen LogP contribution in [0.2, 0.25) is 0 Å². The molecule has 2 atom stereocenters. The third-order valence-corrected chi connectivity index (χ3v) is 5.04. The summed E-state index contributed by atoms with van der Waals surface area (Å²) in [6.45, 7) is 1.89. The van der Waals surface area contributed by atoms with Crippen LogP contribution in [0.1, 0.15) is 35.0 Å². The highest BCUT2D eigenvalue weighted by Gasteiger charge is 2.29. The molecule has 132 valence electrons. The Morgan fingerprint density at radius 1 is 1.42 bits per heavy atom. The Labute approximate surface area is 150 Å². The molecule has 1 aromatic carbocycles. The van der Waals surface area contributed by atoms with Crippen molar-refractivity contribution in [3.63, 3.8) is 0 Å². The van der Waals surface area contributed by atoms with Gasteiger partial charge in [-0.1, -0.05) is 6.07 Å². The monoisotopic (exact) mass is 350 g/mol. The maximum Gasteiger partial charge on any atom is 0.160 e. The Hall–Kier alpha value is -2.91. The maximum atomic E-state index is 13.6. The minimum Gasteiger partial charge on any atom is -0.391 e. The van der Waals surface area contributed by atoms with E-state index < -0.39 is 6.10 Å². The zero-order valence-electron chi connectivity index (χ0n) is 14.4. The number of hydrogen-bond donors (Lipinski definition) is 2. The number of aliphatic hydroxyl groups is 1. The third-order valence-electron chi connectivity index (χ3n) is 5.04. The summed E-state index contributed by atoms with van der Waals surface area (Å²) in [4.78, 5) is 4.60. The lowest BCUT2D eigenvalue weighted by molar-refractivity contribution is 0.135. The smallest absolute Gasteiger partial charge is 0.160 e. The summed E-state index contributed by atoms with van der Waals surface area (Å²) in [6.07, 6.45) is 2.83. The van der Waals surface area contributed by atoms with Crippen molar-refractivity contribution in [1.82, 2.24) is 9.38 Å². The van der Waals surface area contributed by atoms with E-state index in [4.69, 9.17) is 5.26 Å². The van der Waals surface area contributed by atoms with Gasteiger partial charge in [0.2, 0.25) is 0 Å². The largest absolute Gasteiger partial charge is 0.391 e. The first-order chi connectivity index (χ1) is 12.6. The van der Waals surface area contributed by atoms with Crippen molar-refractivity contribution in [3.8, 4) is 6.07 Å². The van der Waals surface area contributed by atoms with Gasteiger partial charge in [-0.15, -0.1) is 0 Å². The number of aromatic nitrogens is 2. The van der Waals surface area contributed by atoms with Crippen molar-refractivity contribution in [1.29, 1.82) is 5.26 Å². The summed E-state index contributed by atoms with van der Waals surface area (Å²) in [5.74, 6) is -0.258. The van der Waals surface area contributed by atoms with Crippen LogP contribution in [0.25, 0.3) is 5.65 Å². The number of nitrogens with zero attached hydrogens (tertiary/aromatic N) is 3. The lowest BCUT2D eigenvalue weighted by atomic mass is 9.85. The SMILES string of the molecule is Cc1nc2c(NC3c4ccc(F)cc4CCC3O)cccn2c1CC#N. The summed E-state index contributed by atoms with van der Waals surface area (Å²) in [5.41, 5.74) is 5.00. The summed E-state index contributed by atoms with van der Waals surface area (Å²) < 4.78 is 15.5. The van der Waals surface area contributed by atoms with Crippen molar-refractivity contribution in [2.75, 3.05) is 5.32 Å². The van der Waals surface area contributed by atoms with Gasteiger partial charge in [-0.05, 0) is 55.2 Å². The number of aryl methyl sites for hydroxylation is 2. The van der Waals surface area contributed by atoms with Gasteiger partial charge in [-0.2, -0.15) is 5.26 Å². The molecule has 6 heteroatoms. The molecule has 2 heterocycles. The average Bonchev–Trinajstić information content (AvgIpc) is 2.94. The quantitative estimate of drug-likeness (QED) is 0.760. The molecule has 2 unspecified atom stereocenters. The number of pyridine rings is 1. The molecule has 1 aliphatic carbocycles. The number of rotatable bonds is 3. The Kier molecular flexibility index (Phi) is 4.09. The van der Waals surface area contributed by atoms with Gasteiger partial charge >= 0.3 is 0 Å². The molecular weight excluding hydrogens is 331 g/mol. The normalized spacial score (nSPS) is 19.2. The van der Waals surface area contributed by atoms with Crippen molar-refractivity contribution < 1.29 is 9.50 Å². The van der Waals surface area contributed by atoms with Gasteiger partial charge < -0.3 is 14.8 Å². The summed E-state index contributed by atoms with van der Waals surface area (Å²) in [6, 6.07) is 10.3. The number of hydrogen-bond acceptors (Lipinski definition) is 4. The molecule has 0 saturated heterocycles. The summed E-state index contributed by atoms with van der Waals surface area (Å²) in [5, 5.41) is 23.0. The van der Waals surface area contributed by atoms with E-state index in [1.54, 1.807) is 12.1 Å². The van der Waals surface area contributed by atoms with Crippen LogP contribution in [0, 0.1) is 24.1 Å². The topological polar surface area (TPSA) is 73.3 Å². The predicted octanol–water partition coefficient (Wildman–Crippen LogP) is 3.31. The van der Waals surface area contributed by atoms with Crippen molar-refractivity contribution in [2.45, 2.75) is 38.3 Å². The second kappa shape index (κ2) is 6.43. The molecular formula is C20H19FN4O. The van der Waals surface area contributed by atoms with Gasteiger partial charge in [0.15, 0.2) is 5.65 Å². The average molecular weight is 350 g/mol. The first kappa shape index (κ1) is 16.6. The van der Waals surface area contributed by atoms with Crippen LogP contribution >= 0.6 is 0 Å². The van der Waals surface area contributed by atoms with Crippen LogP contribution in [0.4, 0.5) is 10.1 Å². The van der Waals surface area contributed by atoms with E-state index in [1.807, 2.05) is 29.7 Å². The fourth-order valence-corrected chi connectivity index (χ4v) is 3.74. The summed E-state index contributed by atoms with van der Waals surface area (Å²) >= 11 is 0. The molecule has 0 spiro atoms. The lowest BCUT2D eigenvalue weighted by Gasteiger charge is -2.31. The molecule has 0 amide bonds. The van der Waals surface area contributed by atoms with Crippen LogP contribution in [-0.4, -0.2) is 20.6 Å². The van der Waals surface area contributed by atoms with Crippen LogP contribution in [0.3, 0.4) is 0 Å². The molecule has 2 N–H and O–H groups in total. The van der Waals surface area contributed by atoms with Crippen LogP contribution in [0.5, 0.6) is 0 Å². The van der Waals surface area contributed by atoms with Crippen LogP contribution in [-0.2, 0) is 12.8 Å². The number of fused-ring (bicyclic) bond motifs is 2. The van der Waals surface area contributed by atoms with Crippen molar-refractivity contribution in [3.05, 3.63) is 64.9 Å². The van der Waals surface area contributed by atoms with E-state index in [0.717, 1.165) is 33.8 Å². The van der Waals surface area contributed by atoms with Gasteiger partial charge in [0, 0.05) is 6.20 Å². The number of imidazole rings is 1. The highest BCUT2D eigenvalue weighted by atomic mass is 19.1. The Balaban J connectivity index is 1.76. The Morgan fingerprint density at radius 3 is 3.08 bits per heavy atom. The number of nitrogens with one attached hydrogen (secondary N) is 1. The molecule has 3 aromatic rings. The van der Waals surface area contributed by atoms with Gasteiger partial charge in [-0.25, -0.2) is 9.37 Å². The number of nitriles is 1. The molecule has 26 heavy (non-hydrogen) atoms. The van der Waals surface area contributed by atoms with Gasteiger partial charge in [0.25, 0.3) is 0 Å². The highest BCUT2D eigenvalue weighted by molar-refractivity contribution is 5.69. The lowest BCUT2D eigenvalue weighted by Crippen LogP contribution is -2.31. The van der Waals surface area contributed by atoms with Crippen molar-refractivity contribution in [2.24, 2.45) is 0 Å². The highest BCUT2D eigenvalue weighted by Crippen LogP contribution is 2.34. The predicted molar refractivity (Wildman–Crippen MR) is 96.3 cm³/mol. The first-order valence-corrected chi connectivity index (χ1v) is 8.65. The summed E-state index contributed by atoms with van der Waals surface area (Å²) in [7, 11) is 0. The Bertz CT molecular complexity index is 1020. The van der Waals surface area contributed by atoms with E-state index in [9.17, 15) is 9.50 Å². The molecule has 0 bridgehead atoms. The standard InChI is InChI=1S/C20H19FN4O/c1-12-17(8-9-22)25-10-2-3-16(20(25)23-12)24-19-15-6-5-14(21)11-13(15)4-7-18(19)26/h2-3,5-6,10-11,18-19,24,26H,4,7-8H2,1H3. The second-order valence-corrected chi connectivity index (χ2v) is 6.67. The van der Waals surface area contributed by atoms with E-state index in [2.05, 4.69) is 16.4 Å². The first-order valence-electron chi connectivity index (χ1n) is 8.65. The minimum atomic E-state index is -0.567. The van der Waals surface area contributed by atoms with Crippen LogP contribution in [0.15, 0.2) is 36.5 Å². The van der Waals surface area contributed by atoms with Gasteiger partial charge in [0.1, 0.15) is 5.82 Å². The zero-order chi connectivity index (χ0) is 18.3. The fraction of sp³-hybridized carbons (Fsp3) is 0.300. The number of anilines is 1. The molecule has 4 rings (SSSR count). The Morgan fingerprint density at radius 2 is 2.27 bits per heavy atom. The fourth-order valence-electron chi connectivity index (χ4n) is 3.74. The maximum absolute atomic E-state index is 13.6. The zero-order valence-corrected chi connectivity index (χ0v) is 14.4. The second-order valence-electron chi connectivity index (χ2n) is 6.67. The third kappa shape index (κ3) is 2.71. The molecule has 1 aliphatic rings. The molecule has 0 saturated carbocycles. The van der Waals surface area contributed by atoms with Gasteiger partial charge in [-0.3, -0.25) is 0 Å². The minimum absolute atomic E-state index is 0.258. The number of benzene rings is 1. The van der Waals surface area contributed by atoms with E-state index in [0.29, 0.717) is 12.8 Å². The molecule has 5 nitrogen and oxygen atoms in total.